The Morgan fingerprint density at radius 3 is 2.75 bits per heavy atom. The molecule has 0 aliphatic rings. The molecule has 0 saturated heterocycles. The lowest BCUT2D eigenvalue weighted by atomic mass is 10.3. The summed E-state index contributed by atoms with van der Waals surface area (Å²) in [7, 11) is 3.15. The average Bonchev–Trinajstić information content (AvgIpc) is 2.73. The van der Waals surface area contributed by atoms with Gasteiger partial charge in [0.1, 0.15) is 0 Å². The Hall–Kier alpha value is -0.950. The van der Waals surface area contributed by atoms with Gasteiger partial charge in [-0.2, -0.15) is 0 Å². The summed E-state index contributed by atoms with van der Waals surface area (Å²) < 4.78 is 10.0. The first-order chi connectivity index (χ1) is 7.67. The number of methoxy groups -OCH3 is 2. The van der Waals surface area contributed by atoms with Crippen LogP contribution in [0.15, 0.2) is 11.4 Å². The Morgan fingerprint density at radius 2 is 2.25 bits per heavy atom. The lowest BCUT2D eigenvalue weighted by molar-refractivity contribution is -0.0988. The predicted octanol–water partition coefficient (Wildman–Crippen LogP) is 1.15. The van der Waals surface area contributed by atoms with E-state index >= 15 is 0 Å². The van der Waals surface area contributed by atoms with Crippen LogP contribution in [0, 0.1) is 0 Å². The Kier molecular flexibility index (Phi) is 5.41. The predicted molar refractivity (Wildman–Crippen MR) is 60.8 cm³/mol. The van der Waals surface area contributed by atoms with Crippen molar-refractivity contribution in [1.29, 1.82) is 0 Å². The van der Waals surface area contributed by atoms with Gasteiger partial charge in [0, 0.05) is 37.6 Å². The molecule has 1 rings (SSSR count). The second kappa shape index (κ2) is 6.59. The molecule has 0 saturated carbocycles. The Labute approximate surface area is 98.0 Å². The quantitative estimate of drug-likeness (QED) is 0.705. The number of rotatable bonds is 7. The number of carboxylic acids is 1. The Morgan fingerprint density at radius 1 is 1.56 bits per heavy atom. The van der Waals surface area contributed by atoms with Crippen molar-refractivity contribution in [2.75, 3.05) is 20.8 Å². The summed E-state index contributed by atoms with van der Waals surface area (Å²) in [5, 5.41) is 13.5. The molecule has 2 N–H and O–H groups in total. The van der Waals surface area contributed by atoms with Crippen LogP contribution in [-0.2, 0) is 16.0 Å². The van der Waals surface area contributed by atoms with Gasteiger partial charge in [-0.15, -0.1) is 11.3 Å². The van der Waals surface area contributed by atoms with E-state index in [4.69, 9.17) is 14.6 Å². The highest BCUT2D eigenvalue weighted by molar-refractivity contribution is 7.10. The van der Waals surface area contributed by atoms with Crippen molar-refractivity contribution in [1.82, 2.24) is 5.32 Å². The van der Waals surface area contributed by atoms with Gasteiger partial charge < -0.3 is 19.9 Å². The van der Waals surface area contributed by atoms with Crippen LogP contribution in [0.5, 0.6) is 0 Å². The van der Waals surface area contributed by atoms with E-state index in [0.29, 0.717) is 18.7 Å². The van der Waals surface area contributed by atoms with Crippen molar-refractivity contribution in [3.05, 3.63) is 21.9 Å². The molecule has 0 spiro atoms. The normalized spacial score (nSPS) is 10.9. The smallest absolute Gasteiger partial charge is 0.336 e. The minimum Gasteiger partial charge on any atom is -0.478 e. The molecule has 0 unspecified atom stereocenters. The summed E-state index contributed by atoms with van der Waals surface area (Å²) in [4.78, 5) is 11.6. The third kappa shape index (κ3) is 3.90. The molecule has 1 heterocycles. The summed E-state index contributed by atoms with van der Waals surface area (Å²) in [5.41, 5.74) is 0.330. The van der Waals surface area contributed by atoms with Crippen LogP contribution >= 0.6 is 11.3 Å². The zero-order chi connectivity index (χ0) is 12.0. The van der Waals surface area contributed by atoms with Crippen LogP contribution in [0.2, 0.25) is 0 Å². The molecule has 1 aromatic heterocycles. The molecule has 6 heteroatoms. The number of nitrogens with one attached hydrogen (secondary N) is 1. The monoisotopic (exact) mass is 245 g/mol. The number of hydrogen-bond acceptors (Lipinski definition) is 5. The molecule has 0 aliphatic carbocycles. The van der Waals surface area contributed by atoms with Gasteiger partial charge >= 0.3 is 5.97 Å². The highest BCUT2D eigenvalue weighted by Crippen LogP contribution is 2.14. The van der Waals surface area contributed by atoms with Gasteiger partial charge in [0.15, 0.2) is 6.29 Å². The summed E-state index contributed by atoms with van der Waals surface area (Å²) >= 11 is 1.42. The van der Waals surface area contributed by atoms with Crippen LogP contribution in [-0.4, -0.2) is 38.1 Å². The number of carbonyl (C=O) groups is 1. The van der Waals surface area contributed by atoms with E-state index in [2.05, 4.69) is 5.32 Å². The highest BCUT2D eigenvalue weighted by atomic mass is 32.1. The number of thiophene rings is 1. The third-order valence-electron chi connectivity index (χ3n) is 2.04. The molecule has 0 amide bonds. The molecule has 0 fully saturated rings. The molecule has 16 heavy (non-hydrogen) atoms. The number of aromatic carboxylic acids is 1. The Bertz CT molecular complexity index is 335. The number of hydrogen-bond donors (Lipinski definition) is 2. The summed E-state index contributed by atoms with van der Waals surface area (Å²) in [6, 6.07) is 1.66. The molecule has 0 radical (unpaired) electrons. The first kappa shape index (κ1) is 13.1. The van der Waals surface area contributed by atoms with Crippen LogP contribution in [0.1, 0.15) is 15.2 Å². The summed E-state index contributed by atoms with van der Waals surface area (Å²) in [6.07, 6.45) is -0.279. The maximum Gasteiger partial charge on any atom is 0.336 e. The topological polar surface area (TPSA) is 67.8 Å². The lowest BCUT2D eigenvalue weighted by Gasteiger charge is -2.13. The maximum atomic E-state index is 10.6. The fourth-order valence-corrected chi connectivity index (χ4v) is 1.99. The number of ether oxygens (including phenoxy) is 2. The van der Waals surface area contributed by atoms with Crippen LogP contribution in [0.25, 0.3) is 0 Å². The van der Waals surface area contributed by atoms with Crippen molar-refractivity contribution >= 4 is 17.3 Å². The van der Waals surface area contributed by atoms with Crippen LogP contribution < -0.4 is 5.32 Å². The molecule has 0 bridgehead atoms. The maximum absolute atomic E-state index is 10.6. The van der Waals surface area contributed by atoms with E-state index in [-0.39, 0.29) is 6.29 Å². The average molecular weight is 245 g/mol. The van der Waals surface area contributed by atoms with Gasteiger partial charge in [0.25, 0.3) is 0 Å². The fourth-order valence-electron chi connectivity index (χ4n) is 1.16. The zero-order valence-corrected chi connectivity index (χ0v) is 10.0. The van der Waals surface area contributed by atoms with E-state index in [0.717, 1.165) is 4.88 Å². The first-order valence-electron chi connectivity index (χ1n) is 4.74. The van der Waals surface area contributed by atoms with Crippen LogP contribution in [0.3, 0.4) is 0 Å². The van der Waals surface area contributed by atoms with E-state index in [1.807, 2.05) is 0 Å². The van der Waals surface area contributed by atoms with E-state index in [9.17, 15) is 4.79 Å². The minimum absolute atomic E-state index is 0.279. The van der Waals surface area contributed by atoms with Crippen molar-refractivity contribution in [3.63, 3.8) is 0 Å². The summed E-state index contributed by atoms with van der Waals surface area (Å²) in [5.74, 6) is -0.894. The van der Waals surface area contributed by atoms with E-state index in [1.165, 1.54) is 11.3 Å². The second-order valence-corrected chi connectivity index (χ2v) is 4.13. The third-order valence-corrected chi connectivity index (χ3v) is 2.97. The van der Waals surface area contributed by atoms with E-state index in [1.54, 1.807) is 25.7 Å². The van der Waals surface area contributed by atoms with Gasteiger partial charge in [0.05, 0.1) is 5.56 Å². The largest absolute Gasteiger partial charge is 0.478 e. The molecule has 90 valence electrons. The van der Waals surface area contributed by atoms with Gasteiger partial charge in [0.2, 0.25) is 0 Å². The molecular formula is C10H15NO4S. The van der Waals surface area contributed by atoms with Crippen molar-refractivity contribution in [2.45, 2.75) is 12.8 Å². The lowest BCUT2D eigenvalue weighted by Crippen LogP contribution is -2.29. The number of carboxylic acid groups (broad SMARTS) is 1. The van der Waals surface area contributed by atoms with Crippen molar-refractivity contribution in [3.8, 4) is 0 Å². The fraction of sp³-hybridized carbons (Fsp3) is 0.500. The molecule has 1 aromatic rings. The highest BCUT2D eigenvalue weighted by Gasteiger charge is 2.07. The second-order valence-electron chi connectivity index (χ2n) is 3.14. The molecule has 0 aliphatic heterocycles. The van der Waals surface area contributed by atoms with Crippen molar-refractivity contribution in [2.24, 2.45) is 0 Å². The van der Waals surface area contributed by atoms with E-state index < -0.39 is 5.97 Å². The van der Waals surface area contributed by atoms with Gasteiger partial charge in [-0.3, -0.25) is 0 Å². The van der Waals surface area contributed by atoms with Gasteiger partial charge in [-0.05, 0) is 6.07 Å². The van der Waals surface area contributed by atoms with Crippen molar-refractivity contribution < 1.29 is 19.4 Å². The van der Waals surface area contributed by atoms with Gasteiger partial charge in [-0.1, -0.05) is 0 Å². The molecule has 0 atom stereocenters. The molecule has 5 nitrogen and oxygen atoms in total. The SMILES string of the molecule is COC(CNCc1cc(C(=O)O)cs1)OC. The standard InChI is InChI=1S/C10H15NO4S/c1-14-9(15-2)5-11-4-8-3-7(6-16-8)10(12)13/h3,6,9,11H,4-5H2,1-2H3,(H,12,13). The first-order valence-corrected chi connectivity index (χ1v) is 5.62. The molecule has 0 aromatic carbocycles. The summed E-state index contributed by atoms with van der Waals surface area (Å²) in [6.45, 7) is 1.18. The minimum atomic E-state index is -0.894. The molecular weight excluding hydrogens is 230 g/mol. The Balaban J connectivity index is 2.34. The van der Waals surface area contributed by atoms with Crippen LogP contribution in [0.4, 0.5) is 0 Å². The van der Waals surface area contributed by atoms with Gasteiger partial charge in [-0.25, -0.2) is 4.79 Å². The zero-order valence-electron chi connectivity index (χ0n) is 9.23.